The molecule has 0 saturated heterocycles. The molecule has 5 unspecified atom stereocenters. The van der Waals surface area contributed by atoms with E-state index in [4.69, 9.17) is 37.0 Å². The predicted molar refractivity (Wildman–Crippen MR) is 454 cm³/mol. The highest BCUT2D eigenvalue weighted by Gasteiger charge is 2.30. The number of hydrogen-bond donors (Lipinski definition) is 3. The summed E-state index contributed by atoms with van der Waals surface area (Å²) in [5, 5.41) is 10.7. The van der Waals surface area contributed by atoms with Crippen LogP contribution in [0, 0.1) is 0 Å². The lowest BCUT2D eigenvalue weighted by Crippen LogP contribution is -2.30. The van der Waals surface area contributed by atoms with Crippen LogP contribution in [0.25, 0.3) is 0 Å². The summed E-state index contributed by atoms with van der Waals surface area (Å²) < 4.78 is 68.9. The third-order valence-corrected chi connectivity index (χ3v) is 19.4. The van der Waals surface area contributed by atoms with Crippen molar-refractivity contribution in [2.45, 2.75) is 354 Å². The van der Waals surface area contributed by atoms with Crippen molar-refractivity contribution in [3.8, 4) is 0 Å². The van der Waals surface area contributed by atoms with Gasteiger partial charge in [-0.05, 0) is 161 Å². The van der Waals surface area contributed by atoms with Crippen molar-refractivity contribution in [2.75, 3.05) is 39.6 Å². The number of hydrogen-bond acceptors (Lipinski definition) is 15. The van der Waals surface area contributed by atoms with Crippen molar-refractivity contribution < 1.29 is 80.2 Å². The molecule has 5 atom stereocenters. The minimum Gasteiger partial charge on any atom is -0.462 e. The van der Waals surface area contributed by atoms with Crippen molar-refractivity contribution >= 4 is 39.5 Å². The third kappa shape index (κ3) is 80.7. The standard InChI is InChI=1S/C91H152O17P2/c1-5-9-13-17-21-25-29-33-37-41-42-46-48-52-56-60-64-68-72-76-89(94)102-82-87(108-91(96)78-74-70-66-62-58-54-50-45-40-36-32-28-24-20-16-12-8-4)84-106-110(99,100)104-80-85(92)79-103-109(97,98)105-83-86(107-90(95)77-73-69-65-61-57-53-49-44-39-35-31-27-23-19-15-11-7-3)81-101-88(93)75-71-67-63-59-55-51-47-43-38-34-30-26-22-18-14-10-6-2/h9-16,21-28,33-40,42,46,85-87,92H,5-8,17-20,29-32,41,43-45,47-84H2,1-4H3,(H,97,98)(H,99,100)/b13-9-,14-10-,15-11-,16-12-,25-21-,26-22-,27-23-,28-24-,37-33-,38-34-,39-35-,40-36-,46-42-. The lowest BCUT2D eigenvalue weighted by Gasteiger charge is -2.21. The second-order valence-electron chi connectivity index (χ2n) is 27.9. The van der Waals surface area contributed by atoms with Gasteiger partial charge in [-0.2, -0.15) is 0 Å². The van der Waals surface area contributed by atoms with E-state index < -0.39 is 97.5 Å². The van der Waals surface area contributed by atoms with E-state index in [9.17, 15) is 43.2 Å². The number of ether oxygens (including phenoxy) is 4. The van der Waals surface area contributed by atoms with Gasteiger partial charge >= 0.3 is 39.5 Å². The van der Waals surface area contributed by atoms with E-state index in [0.29, 0.717) is 25.7 Å². The molecule has 0 aromatic carbocycles. The first-order chi connectivity index (χ1) is 53.7. The highest BCUT2D eigenvalue weighted by atomic mass is 31.2. The van der Waals surface area contributed by atoms with E-state index in [1.54, 1.807) is 0 Å². The number of aliphatic hydroxyl groups excluding tert-OH is 1. The maximum atomic E-state index is 13.2. The molecule has 0 saturated carbocycles. The molecule has 0 aromatic heterocycles. The Morgan fingerprint density at radius 3 is 0.682 bits per heavy atom. The first-order valence-corrected chi connectivity index (χ1v) is 45.7. The Labute approximate surface area is 668 Å². The molecule has 0 aliphatic rings. The summed E-state index contributed by atoms with van der Waals surface area (Å²) in [6, 6.07) is 0. The quantitative estimate of drug-likeness (QED) is 0.0169. The van der Waals surface area contributed by atoms with Gasteiger partial charge in [-0.1, -0.05) is 308 Å². The van der Waals surface area contributed by atoms with Crippen molar-refractivity contribution in [1.29, 1.82) is 0 Å². The zero-order valence-corrected chi connectivity index (χ0v) is 70.7. The first-order valence-electron chi connectivity index (χ1n) is 42.7. The van der Waals surface area contributed by atoms with Crippen LogP contribution in [0.15, 0.2) is 158 Å². The van der Waals surface area contributed by atoms with E-state index in [2.05, 4.69) is 186 Å². The largest absolute Gasteiger partial charge is 0.472 e. The number of carbonyl (C=O) groups is 4. The monoisotopic (exact) mass is 1580 g/mol. The van der Waals surface area contributed by atoms with Crippen LogP contribution in [-0.4, -0.2) is 96.7 Å². The van der Waals surface area contributed by atoms with Gasteiger partial charge in [-0.15, -0.1) is 0 Å². The minimum absolute atomic E-state index is 0.0758. The average Bonchev–Trinajstić information content (AvgIpc) is 0.906. The molecule has 0 aliphatic heterocycles. The van der Waals surface area contributed by atoms with Gasteiger partial charge in [0.2, 0.25) is 0 Å². The van der Waals surface area contributed by atoms with Crippen LogP contribution in [0.3, 0.4) is 0 Å². The van der Waals surface area contributed by atoms with Gasteiger partial charge in [0.15, 0.2) is 12.2 Å². The van der Waals surface area contributed by atoms with Gasteiger partial charge in [0.05, 0.1) is 26.4 Å². The Kier molecular flexibility index (Phi) is 77.7. The summed E-state index contributed by atoms with van der Waals surface area (Å²) in [5.41, 5.74) is 0. The van der Waals surface area contributed by atoms with E-state index in [-0.39, 0.29) is 25.7 Å². The molecule has 19 heteroatoms. The fraction of sp³-hybridized carbons (Fsp3) is 0.670. The third-order valence-electron chi connectivity index (χ3n) is 17.5. The molecule has 0 aromatic rings. The van der Waals surface area contributed by atoms with Crippen molar-refractivity contribution in [3.63, 3.8) is 0 Å². The van der Waals surface area contributed by atoms with E-state index >= 15 is 0 Å². The summed E-state index contributed by atoms with van der Waals surface area (Å²) in [6.45, 7) is 4.42. The summed E-state index contributed by atoms with van der Waals surface area (Å²) in [5.74, 6) is -2.22. The van der Waals surface area contributed by atoms with Crippen LogP contribution in [0.4, 0.5) is 0 Å². The zero-order valence-electron chi connectivity index (χ0n) is 68.9. The highest BCUT2D eigenvalue weighted by molar-refractivity contribution is 7.47. The maximum Gasteiger partial charge on any atom is 0.472 e. The molecule has 0 fully saturated rings. The first kappa shape index (κ1) is 105. The van der Waals surface area contributed by atoms with Gasteiger partial charge in [0.25, 0.3) is 0 Å². The number of unbranched alkanes of at least 4 members (excludes halogenated alkanes) is 27. The molecule has 17 nitrogen and oxygen atoms in total. The highest BCUT2D eigenvalue weighted by Crippen LogP contribution is 2.45. The van der Waals surface area contributed by atoms with Gasteiger partial charge < -0.3 is 33.8 Å². The van der Waals surface area contributed by atoms with E-state index in [1.165, 1.54) is 0 Å². The second-order valence-corrected chi connectivity index (χ2v) is 30.9. The maximum absolute atomic E-state index is 13.2. The van der Waals surface area contributed by atoms with Gasteiger partial charge in [0.1, 0.15) is 19.3 Å². The van der Waals surface area contributed by atoms with Crippen LogP contribution < -0.4 is 0 Å². The Balaban J connectivity index is 5.42. The molecule has 0 spiro atoms. The molecule has 0 rings (SSSR count). The smallest absolute Gasteiger partial charge is 0.462 e. The molecule has 0 bridgehead atoms. The van der Waals surface area contributed by atoms with Gasteiger partial charge in [0, 0.05) is 25.7 Å². The van der Waals surface area contributed by atoms with Crippen molar-refractivity contribution in [2.24, 2.45) is 0 Å². The second kappa shape index (κ2) is 81.7. The van der Waals surface area contributed by atoms with Gasteiger partial charge in [-0.3, -0.25) is 37.3 Å². The van der Waals surface area contributed by atoms with Crippen LogP contribution in [0.1, 0.15) is 336 Å². The molecule has 0 aliphatic carbocycles. The van der Waals surface area contributed by atoms with Crippen LogP contribution in [0.5, 0.6) is 0 Å². The molecule has 110 heavy (non-hydrogen) atoms. The lowest BCUT2D eigenvalue weighted by molar-refractivity contribution is -0.161. The van der Waals surface area contributed by atoms with Crippen molar-refractivity contribution in [3.05, 3.63) is 158 Å². The van der Waals surface area contributed by atoms with E-state index in [1.807, 2.05) is 0 Å². The summed E-state index contributed by atoms with van der Waals surface area (Å²) >= 11 is 0. The average molecular weight is 1580 g/mol. The molecule has 628 valence electrons. The fourth-order valence-corrected chi connectivity index (χ4v) is 12.7. The fourth-order valence-electron chi connectivity index (χ4n) is 11.1. The van der Waals surface area contributed by atoms with Crippen LogP contribution in [0.2, 0.25) is 0 Å². The Hall–Kier alpha value is -5.32. The number of aliphatic hydroxyl groups is 1. The Morgan fingerprint density at radius 1 is 0.255 bits per heavy atom. The van der Waals surface area contributed by atoms with Gasteiger partial charge in [-0.25, -0.2) is 9.13 Å². The summed E-state index contributed by atoms with van der Waals surface area (Å²) in [7, 11) is -9.99. The number of phosphoric acid groups is 2. The summed E-state index contributed by atoms with van der Waals surface area (Å²) in [4.78, 5) is 73.3. The normalized spacial score (nSPS) is 14.6. The van der Waals surface area contributed by atoms with Crippen LogP contribution >= 0.6 is 15.6 Å². The lowest BCUT2D eigenvalue weighted by atomic mass is 10.1. The van der Waals surface area contributed by atoms with Crippen LogP contribution in [-0.2, 0) is 65.4 Å². The minimum atomic E-state index is -5.00. The summed E-state index contributed by atoms with van der Waals surface area (Å²) in [6.07, 6.45) is 96.2. The number of carbonyl (C=O) groups excluding carboxylic acids is 4. The molecular weight excluding hydrogens is 1430 g/mol. The molecule has 3 N–H and O–H groups in total. The number of phosphoric ester groups is 2. The number of allylic oxidation sites excluding steroid dienone is 26. The molecule has 0 heterocycles. The topological polar surface area (TPSA) is 237 Å². The molecule has 0 amide bonds. The predicted octanol–water partition coefficient (Wildman–Crippen LogP) is 25.6. The molecular formula is C91H152O17P2. The molecule has 0 radical (unpaired) electrons. The number of rotatable bonds is 79. The SMILES string of the molecule is CC/C=C\C/C=C\C/C=C\C/C=C\CCCCCCCCC(=O)OCC(COP(=O)(O)OCC(O)COP(=O)(O)OCC(COC(=O)CCCCCCCCC/C=C\C/C=C\C/C=C\CC)OC(=O)CCCCCCCCC/C=C\C/C=C\C/C=C\CC)OC(=O)CCCCCCCCC/C=C\C/C=C\C/C=C\CC. The zero-order chi connectivity index (χ0) is 80.3. The Morgan fingerprint density at radius 2 is 0.445 bits per heavy atom. The Bertz CT molecular complexity index is 2700. The number of esters is 4. The van der Waals surface area contributed by atoms with E-state index in [0.717, 1.165) is 257 Å². The van der Waals surface area contributed by atoms with Crippen molar-refractivity contribution in [1.82, 2.24) is 0 Å².